The van der Waals surface area contributed by atoms with Crippen LogP contribution in [0.4, 0.5) is 0 Å². The molecule has 1 saturated heterocycles. The van der Waals surface area contributed by atoms with Crippen LogP contribution < -0.4 is 10.9 Å². The first-order valence-corrected chi connectivity index (χ1v) is 6.46. The summed E-state index contributed by atoms with van der Waals surface area (Å²) >= 11 is 3.54. The topological polar surface area (TPSA) is 41.1 Å². The lowest BCUT2D eigenvalue weighted by Gasteiger charge is -2.04. The molecule has 90 valence electrons. The van der Waals surface area contributed by atoms with Crippen molar-refractivity contribution >= 4 is 38.7 Å². The van der Waals surface area contributed by atoms with Gasteiger partial charge in [0.05, 0.1) is 0 Å². The Morgan fingerprint density at radius 1 is 1.11 bits per heavy atom. The number of benzene rings is 2. The number of carbonyl (C=O) groups is 1. The van der Waals surface area contributed by atoms with Gasteiger partial charge in [0.2, 0.25) is 0 Å². The van der Waals surface area contributed by atoms with Crippen molar-refractivity contribution < 1.29 is 4.79 Å². The second-order valence-corrected chi connectivity index (χ2v) is 5.01. The maximum atomic E-state index is 11.5. The van der Waals surface area contributed by atoms with Crippen molar-refractivity contribution in [3.63, 3.8) is 0 Å². The number of nitrogens with one attached hydrogen (secondary N) is 2. The maximum Gasteiger partial charge on any atom is 0.262 e. The number of carbonyl (C=O) groups excluding carboxylic acids is 1. The summed E-state index contributed by atoms with van der Waals surface area (Å²) in [5.74, 6) is -0.0537. The summed E-state index contributed by atoms with van der Waals surface area (Å²) in [6.07, 6.45) is 1.93. The van der Waals surface area contributed by atoms with E-state index in [1.54, 1.807) is 0 Å². The van der Waals surface area contributed by atoms with E-state index in [0.717, 1.165) is 26.4 Å². The van der Waals surface area contributed by atoms with E-state index in [0.29, 0.717) is 6.54 Å². The molecule has 3 rings (SSSR count). The number of hydrogen-bond donors (Lipinski definition) is 2. The lowest BCUT2D eigenvalue weighted by Crippen LogP contribution is -2.25. The van der Waals surface area contributed by atoms with Crippen LogP contribution in [0.3, 0.4) is 0 Å². The summed E-state index contributed by atoms with van der Waals surface area (Å²) in [4.78, 5) is 11.5. The van der Waals surface area contributed by atoms with E-state index < -0.39 is 0 Å². The van der Waals surface area contributed by atoms with Crippen LogP contribution in [-0.2, 0) is 4.79 Å². The summed E-state index contributed by atoms with van der Waals surface area (Å²) in [5, 5.41) is 2.29. The first-order valence-electron chi connectivity index (χ1n) is 5.67. The van der Waals surface area contributed by atoms with Crippen molar-refractivity contribution in [3.05, 3.63) is 52.0 Å². The van der Waals surface area contributed by atoms with Gasteiger partial charge in [-0.1, -0.05) is 46.3 Å². The quantitative estimate of drug-likeness (QED) is 0.795. The zero-order chi connectivity index (χ0) is 12.5. The molecule has 0 saturated carbocycles. The number of hydrazine groups is 1. The minimum Gasteiger partial charge on any atom is -0.287 e. The summed E-state index contributed by atoms with van der Waals surface area (Å²) in [6, 6.07) is 12.2. The molecule has 2 aromatic rings. The normalized spacial score (nSPS) is 17.4. The number of rotatable bonds is 1. The van der Waals surface area contributed by atoms with E-state index in [4.69, 9.17) is 0 Å². The summed E-state index contributed by atoms with van der Waals surface area (Å²) in [6.45, 7) is 0.559. The van der Waals surface area contributed by atoms with Gasteiger partial charge in [-0.25, -0.2) is 5.43 Å². The fraction of sp³-hybridized carbons (Fsp3) is 0.0714. The zero-order valence-electron chi connectivity index (χ0n) is 9.53. The molecule has 0 aromatic heterocycles. The van der Waals surface area contributed by atoms with E-state index in [-0.39, 0.29) is 5.91 Å². The molecule has 1 heterocycles. The Bertz CT molecular complexity index is 664. The van der Waals surface area contributed by atoms with E-state index in [1.807, 2.05) is 30.3 Å². The van der Waals surface area contributed by atoms with Crippen LogP contribution in [0.2, 0.25) is 0 Å². The lowest BCUT2D eigenvalue weighted by atomic mass is 10.0. The van der Waals surface area contributed by atoms with E-state index in [1.165, 1.54) is 0 Å². The predicted molar refractivity (Wildman–Crippen MR) is 75.8 cm³/mol. The van der Waals surface area contributed by atoms with Gasteiger partial charge in [0.25, 0.3) is 5.91 Å². The number of fused-ring (bicyclic) bond motifs is 1. The monoisotopic (exact) mass is 302 g/mol. The largest absolute Gasteiger partial charge is 0.287 e. The number of hydrogen-bond acceptors (Lipinski definition) is 2. The number of amides is 1. The molecule has 0 radical (unpaired) electrons. The van der Waals surface area contributed by atoms with E-state index in [9.17, 15) is 4.79 Å². The molecule has 0 bridgehead atoms. The fourth-order valence-corrected chi connectivity index (χ4v) is 2.60. The van der Waals surface area contributed by atoms with Crippen LogP contribution in [0.1, 0.15) is 5.56 Å². The van der Waals surface area contributed by atoms with Crippen molar-refractivity contribution in [3.8, 4) is 0 Å². The summed E-state index contributed by atoms with van der Waals surface area (Å²) in [7, 11) is 0. The Morgan fingerprint density at radius 3 is 2.67 bits per heavy atom. The minimum absolute atomic E-state index is 0.0537. The highest BCUT2D eigenvalue weighted by atomic mass is 79.9. The average molecular weight is 303 g/mol. The molecule has 0 aliphatic carbocycles. The molecular weight excluding hydrogens is 292 g/mol. The molecule has 18 heavy (non-hydrogen) atoms. The van der Waals surface area contributed by atoms with Crippen molar-refractivity contribution in [2.75, 3.05) is 6.54 Å². The van der Waals surface area contributed by atoms with Gasteiger partial charge in [-0.3, -0.25) is 10.2 Å². The highest BCUT2D eigenvalue weighted by Gasteiger charge is 2.15. The number of halogens is 1. The molecule has 0 atom stereocenters. The molecular formula is C14H11BrN2O. The molecule has 1 aliphatic rings. The summed E-state index contributed by atoms with van der Waals surface area (Å²) in [5.41, 5.74) is 7.22. The van der Waals surface area contributed by atoms with Gasteiger partial charge in [-0.05, 0) is 28.5 Å². The van der Waals surface area contributed by atoms with E-state index >= 15 is 0 Å². The van der Waals surface area contributed by atoms with Crippen molar-refractivity contribution in [1.29, 1.82) is 0 Å². The van der Waals surface area contributed by atoms with Crippen LogP contribution in [0.15, 0.2) is 46.4 Å². The van der Waals surface area contributed by atoms with Crippen LogP contribution in [0.25, 0.3) is 16.8 Å². The second kappa shape index (κ2) is 4.55. The molecule has 3 nitrogen and oxygen atoms in total. The molecule has 4 heteroatoms. The van der Waals surface area contributed by atoms with Crippen LogP contribution in [0, 0.1) is 0 Å². The van der Waals surface area contributed by atoms with Gasteiger partial charge in [0, 0.05) is 16.6 Å². The minimum atomic E-state index is -0.0537. The summed E-state index contributed by atoms with van der Waals surface area (Å²) < 4.78 is 1.06. The standard InChI is InChI=1S/C14H11BrN2O/c15-13-6-2-4-11-9(3-1-5-12(11)13)7-10-8-16-17-14(10)18/h1-7,16H,8H2,(H,17,18)/b10-7+. The van der Waals surface area contributed by atoms with Gasteiger partial charge in [0.1, 0.15) is 0 Å². The smallest absolute Gasteiger partial charge is 0.262 e. The third-order valence-electron chi connectivity index (χ3n) is 3.00. The predicted octanol–water partition coefficient (Wildman–Crippen LogP) is 2.62. The van der Waals surface area contributed by atoms with Gasteiger partial charge in [0.15, 0.2) is 0 Å². The van der Waals surface area contributed by atoms with Crippen LogP contribution in [-0.4, -0.2) is 12.5 Å². The van der Waals surface area contributed by atoms with Gasteiger partial charge in [-0.2, -0.15) is 0 Å². The molecule has 2 N–H and O–H groups in total. The molecule has 1 fully saturated rings. The average Bonchev–Trinajstić information content (AvgIpc) is 2.77. The highest BCUT2D eigenvalue weighted by molar-refractivity contribution is 9.10. The first kappa shape index (κ1) is 11.4. The van der Waals surface area contributed by atoms with Gasteiger partial charge >= 0.3 is 0 Å². The van der Waals surface area contributed by atoms with Crippen molar-refractivity contribution in [2.45, 2.75) is 0 Å². The first-order chi connectivity index (χ1) is 8.75. The van der Waals surface area contributed by atoms with Crippen molar-refractivity contribution in [1.82, 2.24) is 10.9 Å². The maximum absolute atomic E-state index is 11.5. The van der Waals surface area contributed by atoms with Gasteiger partial charge in [-0.15, -0.1) is 0 Å². The third kappa shape index (κ3) is 1.94. The molecule has 0 spiro atoms. The molecule has 0 unspecified atom stereocenters. The Hall–Kier alpha value is -1.65. The molecule has 2 aromatic carbocycles. The Balaban J connectivity index is 2.18. The SMILES string of the molecule is O=C1NNC/C1=C\c1cccc2c(Br)cccc12. The zero-order valence-corrected chi connectivity index (χ0v) is 11.1. The molecule has 1 aliphatic heterocycles. The van der Waals surface area contributed by atoms with Crippen molar-refractivity contribution in [2.24, 2.45) is 0 Å². The Kier molecular flexibility index (Phi) is 2.89. The van der Waals surface area contributed by atoms with Crippen LogP contribution in [0.5, 0.6) is 0 Å². The highest BCUT2D eigenvalue weighted by Crippen LogP contribution is 2.27. The van der Waals surface area contributed by atoms with Crippen LogP contribution >= 0.6 is 15.9 Å². The lowest BCUT2D eigenvalue weighted by molar-refractivity contribution is -0.116. The fourth-order valence-electron chi connectivity index (χ4n) is 2.11. The third-order valence-corrected chi connectivity index (χ3v) is 3.70. The van der Waals surface area contributed by atoms with Gasteiger partial charge < -0.3 is 0 Å². The second-order valence-electron chi connectivity index (χ2n) is 4.16. The Morgan fingerprint density at radius 2 is 1.89 bits per heavy atom. The van der Waals surface area contributed by atoms with E-state index in [2.05, 4.69) is 38.9 Å². The molecule has 1 amide bonds. The Labute approximate surface area is 113 Å².